The number of carbonyl (C=O) groups is 1. The van der Waals surface area contributed by atoms with E-state index in [0.29, 0.717) is 23.7 Å². The van der Waals surface area contributed by atoms with Crippen LogP contribution in [0.1, 0.15) is 0 Å². The fourth-order valence-electron chi connectivity index (χ4n) is 0.856. The first kappa shape index (κ1) is 8.39. The molecule has 0 saturated carbocycles. The van der Waals surface area contributed by atoms with Crippen LogP contribution >= 0.6 is 0 Å². The van der Waals surface area contributed by atoms with Crippen LogP contribution in [0.5, 0.6) is 11.5 Å². The molecular weight excluding hydrogens is 158 g/mol. The van der Waals surface area contributed by atoms with Gasteiger partial charge in [-0.2, -0.15) is 0 Å². The Kier molecular flexibility index (Phi) is 2.53. The normalized spacial score (nSPS) is 9.08. The Labute approximate surface area is 69.9 Å². The number of anilines is 1. The summed E-state index contributed by atoms with van der Waals surface area (Å²) in [6.07, 6.45) is 0. The highest BCUT2D eigenvalue weighted by Gasteiger charge is 2.04. The molecule has 2 N–H and O–H groups in total. The minimum atomic E-state index is 0.310. The van der Waals surface area contributed by atoms with Crippen LogP contribution in [0.3, 0.4) is 0 Å². The lowest BCUT2D eigenvalue weighted by Gasteiger charge is -2.06. The van der Waals surface area contributed by atoms with Gasteiger partial charge in [0.1, 0.15) is 11.4 Å². The van der Waals surface area contributed by atoms with Crippen LogP contribution in [0.4, 0.5) is 5.69 Å². The van der Waals surface area contributed by atoms with Crippen LogP contribution in [0.15, 0.2) is 18.2 Å². The Bertz CT molecular complexity index is 286. The van der Waals surface area contributed by atoms with Crippen molar-refractivity contribution in [2.45, 2.75) is 0 Å². The third-order valence-corrected chi connectivity index (χ3v) is 1.42. The average molecular weight is 167 g/mol. The first-order chi connectivity index (χ1) is 5.79. The second kappa shape index (κ2) is 3.61. The van der Waals surface area contributed by atoms with Gasteiger partial charge in [0, 0.05) is 0 Å². The van der Waals surface area contributed by atoms with Gasteiger partial charge < -0.3 is 15.2 Å². The molecule has 0 spiro atoms. The van der Waals surface area contributed by atoms with Gasteiger partial charge >= 0.3 is 0 Å². The zero-order valence-corrected chi connectivity index (χ0v) is 6.61. The Morgan fingerprint density at radius 1 is 1.42 bits per heavy atom. The van der Waals surface area contributed by atoms with E-state index in [4.69, 9.17) is 10.5 Å². The van der Waals surface area contributed by atoms with Crippen molar-refractivity contribution < 1.29 is 14.3 Å². The van der Waals surface area contributed by atoms with E-state index >= 15 is 0 Å². The van der Waals surface area contributed by atoms with Crippen LogP contribution in [0, 0.1) is 0 Å². The molecule has 4 heteroatoms. The van der Waals surface area contributed by atoms with Crippen molar-refractivity contribution in [3.05, 3.63) is 18.2 Å². The van der Waals surface area contributed by atoms with Crippen molar-refractivity contribution in [2.75, 3.05) is 12.8 Å². The second-order valence-electron chi connectivity index (χ2n) is 2.09. The third kappa shape index (κ3) is 1.47. The number of nitrogen functional groups attached to an aromatic ring is 1. The van der Waals surface area contributed by atoms with Crippen molar-refractivity contribution in [3.8, 4) is 11.5 Å². The van der Waals surface area contributed by atoms with Crippen molar-refractivity contribution in [3.63, 3.8) is 0 Å². The molecule has 12 heavy (non-hydrogen) atoms. The van der Waals surface area contributed by atoms with Crippen LogP contribution in [0.2, 0.25) is 0 Å². The first-order valence-corrected chi connectivity index (χ1v) is 3.32. The van der Waals surface area contributed by atoms with Crippen molar-refractivity contribution >= 4 is 12.2 Å². The third-order valence-electron chi connectivity index (χ3n) is 1.42. The van der Waals surface area contributed by atoms with Gasteiger partial charge in [-0.05, 0) is 12.1 Å². The monoisotopic (exact) mass is 167 g/mol. The molecule has 1 rings (SSSR count). The molecule has 0 fully saturated rings. The fourth-order valence-corrected chi connectivity index (χ4v) is 0.856. The number of carbonyl (C=O) groups excluding carboxylic acids is 1. The smallest absolute Gasteiger partial charge is 0.298 e. The summed E-state index contributed by atoms with van der Waals surface area (Å²) in [6, 6.07) is 4.97. The van der Waals surface area contributed by atoms with E-state index in [2.05, 4.69) is 4.74 Å². The molecule has 0 saturated heterocycles. The summed E-state index contributed by atoms with van der Waals surface area (Å²) in [5, 5.41) is 0. The number of para-hydroxylation sites is 1. The largest absolute Gasteiger partial charge is 0.494 e. The van der Waals surface area contributed by atoms with Crippen molar-refractivity contribution in [1.82, 2.24) is 0 Å². The highest BCUT2D eigenvalue weighted by molar-refractivity contribution is 5.65. The van der Waals surface area contributed by atoms with Gasteiger partial charge in [0.25, 0.3) is 6.47 Å². The van der Waals surface area contributed by atoms with E-state index in [0.717, 1.165) is 0 Å². The molecule has 0 aliphatic rings. The van der Waals surface area contributed by atoms with Crippen LogP contribution < -0.4 is 15.2 Å². The summed E-state index contributed by atoms with van der Waals surface area (Å²) >= 11 is 0. The number of ether oxygens (including phenoxy) is 2. The highest BCUT2D eigenvalue weighted by Crippen LogP contribution is 2.30. The molecule has 4 nitrogen and oxygen atoms in total. The quantitative estimate of drug-likeness (QED) is 0.534. The number of nitrogens with two attached hydrogens (primary N) is 1. The Balaban J connectivity index is 3.04. The van der Waals surface area contributed by atoms with E-state index < -0.39 is 0 Å². The molecule has 1 aromatic rings. The standard InChI is InChI=1S/C8H9NO3/c1-11-6-3-2-4-7(8(6)9)12-5-10/h2-5H,9H2,1H3. The number of benzene rings is 1. The summed E-state index contributed by atoms with van der Waals surface area (Å²) in [6.45, 7) is 0.325. The Morgan fingerprint density at radius 2 is 2.08 bits per heavy atom. The highest BCUT2D eigenvalue weighted by atomic mass is 16.5. The molecule has 0 heterocycles. The van der Waals surface area contributed by atoms with E-state index in [1.165, 1.54) is 7.11 Å². The molecule has 0 unspecified atom stereocenters. The van der Waals surface area contributed by atoms with Crippen molar-refractivity contribution in [2.24, 2.45) is 0 Å². The minimum absolute atomic E-state index is 0.310. The number of hydrogen-bond donors (Lipinski definition) is 1. The molecule has 0 amide bonds. The molecule has 0 bridgehead atoms. The maximum Gasteiger partial charge on any atom is 0.298 e. The minimum Gasteiger partial charge on any atom is -0.494 e. The lowest BCUT2D eigenvalue weighted by molar-refractivity contribution is -0.120. The second-order valence-corrected chi connectivity index (χ2v) is 2.09. The van der Waals surface area contributed by atoms with E-state index in [-0.39, 0.29) is 0 Å². The number of rotatable bonds is 3. The van der Waals surface area contributed by atoms with Crippen LogP contribution in [0.25, 0.3) is 0 Å². The summed E-state index contributed by atoms with van der Waals surface area (Å²) in [5.41, 5.74) is 5.90. The summed E-state index contributed by atoms with van der Waals surface area (Å²) in [5.74, 6) is 0.804. The fraction of sp³-hybridized carbons (Fsp3) is 0.125. The van der Waals surface area contributed by atoms with Gasteiger partial charge in [0.15, 0.2) is 5.75 Å². The molecular formula is C8H9NO3. The maximum atomic E-state index is 10.0. The van der Waals surface area contributed by atoms with Crippen molar-refractivity contribution in [1.29, 1.82) is 0 Å². The zero-order valence-electron chi connectivity index (χ0n) is 6.61. The summed E-state index contributed by atoms with van der Waals surface area (Å²) in [7, 11) is 1.50. The van der Waals surface area contributed by atoms with E-state index in [9.17, 15) is 4.79 Å². The van der Waals surface area contributed by atoms with Crippen LogP contribution in [-0.4, -0.2) is 13.6 Å². The topological polar surface area (TPSA) is 61.5 Å². The number of hydrogen-bond acceptors (Lipinski definition) is 4. The van der Waals surface area contributed by atoms with E-state index in [1.807, 2.05) is 0 Å². The predicted molar refractivity (Wildman–Crippen MR) is 44.1 cm³/mol. The molecule has 64 valence electrons. The SMILES string of the molecule is COc1cccc(OC=O)c1N. The summed E-state index contributed by atoms with van der Waals surface area (Å²) in [4.78, 5) is 10.0. The van der Waals surface area contributed by atoms with Crippen LogP contribution in [-0.2, 0) is 4.79 Å². The molecule has 0 atom stereocenters. The predicted octanol–water partition coefficient (Wildman–Crippen LogP) is 0.813. The number of methoxy groups -OCH3 is 1. The van der Waals surface area contributed by atoms with Gasteiger partial charge in [-0.3, -0.25) is 4.79 Å². The lowest BCUT2D eigenvalue weighted by atomic mass is 10.3. The van der Waals surface area contributed by atoms with Gasteiger partial charge in [-0.25, -0.2) is 0 Å². The molecule has 1 aromatic carbocycles. The molecule has 0 aromatic heterocycles. The van der Waals surface area contributed by atoms with Gasteiger partial charge in [-0.1, -0.05) is 6.07 Å². The Hall–Kier alpha value is -1.71. The zero-order chi connectivity index (χ0) is 8.97. The van der Waals surface area contributed by atoms with Gasteiger partial charge in [0.05, 0.1) is 7.11 Å². The maximum absolute atomic E-state index is 10.0. The summed E-state index contributed by atoms with van der Waals surface area (Å²) < 4.78 is 9.50. The van der Waals surface area contributed by atoms with Gasteiger partial charge in [0.2, 0.25) is 0 Å². The lowest BCUT2D eigenvalue weighted by Crippen LogP contribution is -1.97. The Morgan fingerprint density at radius 3 is 2.67 bits per heavy atom. The molecule has 0 aliphatic heterocycles. The van der Waals surface area contributed by atoms with E-state index in [1.54, 1.807) is 18.2 Å². The van der Waals surface area contributed by atoms with Gasteiger partial charge in [-0.15, -0.1) is 0 Å². The average Bonchev–Trinajstić information content (AvgIpc) is 2.09. The molecule has 0 aliphatic carbocycles. The molecule has 0 radical (unpaired) electrons. The first-order valence-electron chi connectivity index (χ1n) is 3.32.